The van der Waals surface area contributed by atoms with Gasteiger partial charge in [-0.05, 0) is 12.1 Å². The first kappa shape index (κ1) is 10.6. The Morgan fingerprint density at radius 3 is 2.75 bits per heavy atom. The summed E-state index contributed by atoms with van der Waals surface area (Å²) in [6, 6.07) is 5.33. The lowest BCUT2D eigenvalue weighted by Gasteiger charge is -2.37. The highest BCUT2D eigenvalue weighted by atomic mass is 16.2. The van der Waals surface area contributed by atoms with Crippen molar-refractivity contribution in [3.63, 3.8) is 0 Å². The fraction of sp³-hybridized carbons (Fsp3) is 0.364. The minimum Gasteiger partial charge on any atom is -0.341 e. The first-order valence-corrected chi connectivity index (χ1v) is 5.14. The summed E-state index contributed by atoms with van der Waals surface area (Å²) in [5.41, 5.74) is 0. The molecule has 5 heteroatoms. The molecule has 1 aromatic rings. The lowest BCUT2D eigenvalue weighted by Crippen LogP contribution is -2.53. The number of nitrogens with zero attached hydrogens (tertiary/aromatic N) is 2. The molecule has 0 saturated carbocycles. The number of pyridine rings is 1. The van der Waals surface area contributed by atoms with Crippen molar-refractivity contribution in [1.29, 1.82) is 0 Å². The number of aromatic nitrogens is 1. The highest BCUT2D eigenvalue weighted by Gasteiger charge is 2.34. The smallest absolute Gasteiger partial charge is 0.232 e. The summed E-state index contributed by atoms with van der Waals surface area (Å²) in [5, 5.41) is 2.72. The molecule has 1 aliphatic rings. The van der Waals surface area contributed by atoms with Gasteiger partial charge in [0.1, 0.15) is 5.82 Å². The fourth-order valence-electron chi connectivity index (χ4n) is 1.57. The van der Waals surface area contributed by atoms with E-state index in [-0.39, 0.29) is 17.7 Å². The largest absolute Gasteiger partial charge is 0.341 e. The zero-order valence-corrected chi connectivity index (χ0v) is 9.01. The fourth-order valence-corrected chi connectivity index (χ4v) is 1.57. The molecule has 0 atom stereocenters. The normalized spacial score (nSPS) is 15.4. The monoisotopic (exact) mass is 219 g/mol. The van der Waals surface area contributed by atoms with Crippen LogP contribution in [0.15, 0.2) is 24.4 Å². The molecule has 1 saturated heterocycles. The third-order valence-electron chi connectivity index (χ3n) is 2.61. The van der Waals surface area contributed by atoms with Crippen LogP contribution in [-0.4, -0.2) is 34.8 Å². The highest BCUT2D eigenvalue weighted by molar-refractivity contribution is 5.93. The minimum atomic E-state index is -0.106. The number of hydrogen-bond acceptors (Lipinski definition) is 3. The maximum Gasteiger partial charge on any atom is 0.232 e. The molecule has 0 unspecified atom stereocenters. The van der Waals surface area contributed by atoms with E-state index >= 15 is 0 Å². The Labute approximate surface area is 93.5 Å². The molecule has 2 rings (SSSR count). The van der Waals surface area contributed by atoms with E-state index in [2.05, 4.69) is 10.3 Å². The van der Waals surface area contributed by atoms with E-state index in [0.717, 1.165) is 0 Å². The Morgan fingerprint density at radius 1 is 1.44 bits per heavy atom. The van der Waals surface area contributed by atoms with Gasteiger partial charge >= 0.3 is 0 Å². The predicted molar refractivity (Wildman–Crippen MR) is 58.6 cm³/mol. The molecule has 0 aromatic carbocycles. The van der Waals surface area contributed by atoms with Crippen LogP contribution in [0.1, 0.15) is 6.92 Å². The van der Waals surface area contributed by atoms with E-state index in [4.69, 9.17) is 0 Å². The second-order valence-corrected chi connectivity index (χ2v) is 3.83. The summed E-state index contributed by atoms with van der Waals surface area (Å²) < 4.78 is 0. The molecule has 84 valence electrons. The second kappa shape index (κ2) is 4.30. The van der Waals surface area contributed by atoms with Crippen LogP contribution in [0.4, 0.5) is 5.82 Å². The summed E-state index contributed by atoms with van der Waals surface area (Å²) in [7, 11) is 0. The highest BCUT2D eigenvalue weighted by Crippen LogP contribution is 2.17. The van der Waals surface area contributed by atoms with Crippen molar-refractivity contribution < 1.29 is 9.59 Å². The van der Waals surface area contributed by atoms with Crippen molar-refractivity contribution in [2.45, 2.75) is 6.92 Å². The number of rotatable bonds is 2. The van der Waals surface area contributed by atoms with E-state index in [1.54, 1.807) is 23.2 Å². The summed E-state index contributed by atoms with van der Waals surface area (Å²) in [4.78, 5) is 28.3. The Bertz CT molecular complexity index is 399. The van der Waals surface area contributed by atoms with Crippen molar-refractivity contribution in [2.75, 3.05) is 18.4 Å². The molecule has 2 amide bonds. The quantitative estimate of drug-likeness (QED) is 0.787. The zero-order valence-electron chi connectivity index (χ0n) is 9.01. The van der Waals surface area contributed by atoms with Gasteiger partial charge in [-0.15, -0.1) is 0 Å². The zero-order chi connectivity index (χ0) is 11.5. The molecule has 5 nitrogen and oxygen atoms in total. The van der Waals surface area contributed by atoms with Crippen molar-refractivity contribution in [2.24, 2.45) is 5.92 Å². The molecular formula is C11H13N3O2. The van der Waals surface area contributed by atoms with Gasteiger partial charge in [0, 0.05) is 26.2 Å². The standard InChI is InChI=1S/C11H13N3O2/c1-8(15)14-6-9(7-14)11(16)13-10-4-2-3-5-12-10/h2-5,9H,6-7H2,1H3,(H,12,13,16). The Hall–Kier alpha value is -1.91. The summed E-state index contributed by atoms with van der Waals surface area (Å²) >= 11 is 0. The molecule has 2 heterocycles. The third-order valence-corrected chi connectivity index (χ3v) is 2.61. The topological polar surface area (TPSA) is 62.3 Å². The Balaban J connectivity index is 1.85. The number of carbonyl (C=O) groups is 2. The van der Waals surface area contributed by atoms with E-state index in [0.29, 0.717) is 18.9 Å². The summed E-state index contributed by atoms with van der Waals surface area (Å²) in [6.07, 6.45) is 1.62. The Kier molecular flexibility index (Phi) is 2.85. The van der Waals surface area contributed by atoms with Gasteiger partial charge in [0.05, 0.1) is 5.92 Å². The molecule has 1 aliphatic heterocycles. The van der Waals surface area contributed by atoms with Gasteiger partial charge in [0.15, 0.2) is 0 Å². The number of anilines is 1. The molecule has 1 aromatic heterocycles. The van der Waals surface area contributed by atoms with Gasteiger partial charge in [0.2, 0.25) is 11.8 Å². The Morgan fingerprint density at radius 2 is 2.19 bits per heavy atom. The SMILES string of the molecule is CC(=O)N1CC(C(=O)Nc2ccccn2)C1. The number of likely N-dealkylation sites (tertiary alicyclic amines) is 1. The van der Waals surface area contributed by atoms with Gasteiger partial charge < -0.3 is 10.2 Å². The van der Waals surface area contributed by atoms with Crippen molar-refractivity contribution in [3.8, 4) is 0 Å². The number of amides is 2. The van der Waals surface area contributed by atoms with E-state index < -0.39 is 0 Å². The third kappa shape index (κ3) is 2.18. The number of nitrogens with one attached hydrogen (secondary N) is 1. The van der Waals surface area contributed by atoms with Gasteiger partial charge in [0.25, 0.3) is 0 Å². The van der Waals surface area contributed by atoms with Crippen molar-refractivity contribution in [1.82, 2.24) is 9.88 Å². The van der Waals surface area contributed by atoms with Crippen molar-refractivity contribution in [3.05, 3.63) is 24.4 Å². The van der Waals surface area contributed by atoms with Gasteiger partial charge in [-0.1, -0.05) is 6.07 Å². The average Bonchev–Trinajstić information content (AvgIpc) is 2.15. The summed E-state index contributed by atoms with van der Waals surface area (Å²) in [5.74, 6) is 0.387. The summed E-state index contributed by atoms with van der Waals surface area (Å²) in [6.45, 7) is 2.52. The molecule has 1 fully saturated rings. The van der Waals surface area contributed by atoms with Crippen LogP contribution in [0, 0.1) is 5.92 Å². The minimum absolute atomic E-state index is 0.0156. The van der Waals surface area contributed by atoms with Crippen LogP contribution in [-0.2, 0) is 9.59 Å². The second-order valence-electron chi connectivity index (χ2n) is 3.83. The van der Waals surface area contributed by atoms with E-state index in [1.807, 2.05) is 6.07 Å². The van der Waals surface area contributed by atoms with Crippen LogP contribution < -0.4 is 5.32 Å². The predicted octanol–water partition coefficient (Wildman–Crippen LogP) is 0.498. The lowest BCUT2D eigenvalue weighted by atomic mass is 9.99. The maximum absolute atomic E-state index is 11.7. The van der Waals surface area contributed by atoms with E-state index in [9.17, 15) is 9.59 Å². The van der Waals surface area contributed by atoms with Crippen LogP contribution in [0.5, 0.6) is 0 Å². The number of hydrogen-bond donors (Lipinski definition) is 1. The maximum atomic E-state index is 11.7. The van der Waals surface area contributed by atoms with Gasteiger partial charge in [-0.25, -0.2) is 4.98 Å². The number of carbonyl (C=O) groups excluding carboxylic acids is 2. The first-order chi connectivity index (χ1) is 7.66. The lowest BCUT2D eigenvalue weighted by molar-refractivity contribution is -0.139. The average molecular weight is 219 g/mol. The first-order valence-electron chi connectivity index (χ1n) is 5.14. The molecular weight excluding hydrogens is 206 g/mol. The molecule has 16 heavy (non-hydrogen) atoms. The van der Waals surface area contributed by atoms with Crippen LogP contribution in [0.2, 0.25) is 0 Å². The molecule has 1 N–H and O–H groups in total. The van der Waals surface area contributed by atoms with Crippen LogP contribution in [0.3, 0.4) is 0 Å². The van der Waals surface area contributed by atoms with Crippen LogP contribution >= 0.6 is 0 Å². The van der Waals surface area contributed by atoms with E-state index in [1.165, 1.54) is 6.92 Å². The molecule has 0 spiro atoms. The molecule has 0 bridgehead atoms. The van der Waals surface area contributed by atoms with Gasteiger partial charge in [-0.2, -0.15) is 0 Å². The van der Waals surface area contributed by atoms with Crippen molar-refractivity contribution >= 4 is 17.6 Å². The molecule has 0 radical (unpaired) electrons. The van der Waals surface area contributed by atoms with Crippen LogP contribution in [0.25, 0.3) is 0 Å². The van der Waals surface area contributed by atoms with Gasteiger partial charge in [-0.3, -0.25) is 9.59 Å². The molecule has 0 aliphatic carbocycles.